The fourth-order valence-corrected chi connectivity index (χ4v) is 5.03. The minimum absolute atomic E-state index is 0.00346. The number of hydrogen-bond acceptors (Lipinski definition) is 6. The van der Waals surface area contributed by atoms with Crippen LogP contribution in [0, 0.1) is 5.41 Å². The zero-order valence-corrected chi connectivity index (χ0v) is 18.7. The van der Waals surface area contributed by atoms with Gasteiger partial charge in [-0.05, 0) is 43.2 Å². The van der Waals surface area contributed by atoms with Crippen molar-refractivity contribution in [2.45, 2.75) is 70.8 Å². The molecule has 0 spiro atoms. The molecule has 0 aromatic carbocycles. The Hall–Kier alpha value is -3.09. The van der Waals surface area contributed by atoms with E-state index in [2.05, 4.69) is 34.3 Å². The molecule has 0 saturated heterocycles. The van der Waals surface area contributed by atoms with Crippen molar-refractivity contribution in [2.24, 2.45) is 5.41 Å². The molecule has 3 heterocycles. The summed E-state index contributed by atoms with van der Waals surface area (Å²) >= 11 is 0. The highest BCUT2D eigenvalue weighted by atomic mass is 16.5. The molecule has 5 rings (SSSR count). The van der Waals surface area contributed by atoms with Crippen LogP contribution in [0.25, 0.3) is 11.4 Å². The maximum absolute atomic E-state index is 13.0. The molecule has 0 unspecified atom stereocenters. The summed E-state index contributed by atoms with van der Waals surface area (Å²) in [5.74, 6) is 1.14. The van der Waals surface area contributed by atoms with E-state index in [1.54, 1.807) is 12.4 Å². The van der Waals surface area contributed by atoms with Gasteiger partial charge in [0.25, 0.3) is 5.91 Å². The number of nitrogens with one attached hydrogen (secondary N) is 1. The van der Waals surface area contributed by atoms with E-state index in [0.29, 0.717) is 11.7 Å². The van der Waals surface area contributed by atoms with Crippen LogP contribution in [0.15, 0.2) is 41.3 Å². The molecule has 1 saturated carbocycles. The molecule has 7 heteroatoms. The lowest BCUT2D eigenvalue weighted by atomic mass is 9.74. The summed E-state index contributed by atoms with van der Waals surface area (Å²) in [5, 5.41) is 7.37. The number of hydrogen-bond donors (Lipinski definition) is 1. The number of carbonyl (C=O) groups excluding carboxylic acids is 1. The SMILES string of the molecule is CC1(C)Cc2nc(-c3ccncc3)ncc2[C@@H](NC(=O)c2cc(C3CCCCC3)no2)C1. The first-order valence-electron chi connectivity index (χ1n) is 11.5. The smallest absolute Gasteiger partial charge is 0.290 e. The number of nitrogens with zero attached hydrogens (tertiary/aromatic N) is 4. The zero-order chi connectivity index (χ0) is 22.1. The predicted molar refractivity (Wildman–Crippen MR) is 120 cm³/mol. The van der Waals surface area contributed by atoms with Crippen molar-refractivity contribution in [1.29, 1.82) is 0 Å². The quantitative estimate of drug-likeness (QED) is 0.623. The van der Waals surface area contributed by atoms with Crippen molar-refractivity contribution in [3.8, 4) is 11.4 Å². The van der Waals surface area contributed by atoms with Crippen LogP contribution < -0.4 is 5.32 Å². The molecule has 1 fully saturated rings. The predicted octanol–water partition coefficient (Wildman–Crippen LogP) is 5.02. The van der Waals surface area contributed by atoms with Gasteiger partial charge in [0.05, 0.1) is 17.4 Å². The number of carbonyl (C=O) groups is 1. The maximum atomic E-state index is 13.0. The molecule has 32 heavy (non-hydrogen) atoms. The van der Waals surface area contributed by atoms with Gasteiger partial charge in [-0.2, -0.15) is 0 Å². The molecule has 3 aromatic heterocycles. The summed E-state index contributed by atoms with van der Waals surface area (Å²) in [6.45, 7) is 4.41. The Morgan fingerprint density at radius 1 is 1.16 bits per heavy atom. The van der Waals surface area contributed by atoms with Gasteiger partial charge in [0.15, 0.2) is 5.82 Å². The van der Waals surface area contributed by atoms with Gasteiger partial charge < -0.3 is 9.84 Å². The van der Waals surface area contributed by atoms with Crippen LogP contribution in [0.2, 0.25) is 0 Å². The van der Waals surface area contributed by atoms with Gasteiger partial charge in [-0.15, -0.1) is 0 Å². The lowest BCUT2D eigenvalue weighted by molar-refractivity contribution is 0.0881. The van der Waals surface area contributed by atoms with Gasteiger partial charge in [0.1, 0.15) is 0 Å². The van der Waals surface area contributed by atoms with Gasteiger partial charge in [0.2, 0.25) is 5.76 Å². The minimum atomic E-state index is -0.230. The molecule has 1 amide bonds. The van der Waals surface area contributed by atoms with Crippen LogP contribution in [0.5, 0.6) is 0 Å². The highest BCUT2D eigenvalue weighted by molar-refractivity contribution is 5.91. The van der Waals surface area contributed by atoms with Crippen LogP contribution in [0.4, 0.5) is 0 Å². The summed E-state index contributed by atoms with van der Waals surface area (Å²) in [5.41, 5.74) is 3.80. The fourth-order valence-electron chi connectivity index (χ4n) is 5.03. The van der Waals surface area contributed by atoms with Crippen molar-refractivity contribution in [1.82, 2.24) is 25.4 Å². The number of amides is 1. The largest absolute Gasteiger partial charge is 0.351 e. The van der Waals surface area contributed by atoms with Crippen molar-refractivity contribution in [3.63, 3.8) is 0 Å². The van der Waals surface area contributed by atoms with Crippen LogP contribution in [-0.2, 0) is 6.42 Å². The monoisotopic (exact) mass is 431 g/mol. The molecule has 0 aliphatic heterocycles. The van der Waals surface area contributed by atoms with E-state index in [4.69, 9.17) is 9.51 Å². The van der Waals surface area contributed by atoms with Gasteiger partial charge in [-0.3, -0.25) is 9.78 Å². The van der Waals surface area contributed by atoms with E-state index < -0.39 is 0 Å². The number of pyridine rings is 1. The van der Waals surface area contributed by atoms with Crippen LogP contribution in [0.1, 0.15) is 91.8 Å². The van der Waals surface area contributed by atoms with E-state index >= 15 is 0 Å². The van der Waals surface area contributed by atoms with Crippen LogP contribution in [-0.4, -0.2) is 26.0 Å². The molecule has 1 N–H and O–H groups in total. The van der Waals surface area contributed by atoms with Crippen LogP contribution >= 0.6 is 0 Å². The van der Waals surface area contributed by atoms with Crippen LogP contribution in [0.3, 0.4) is 0 Å². The molecule has 7 nitrogen and oxygen atoms in total. The second-order valence-corrected chi connectivity index (χ2v) is 9.85. The molecule has 2 aliphatic rings. The first kappa shape index (κ1) is 20.8. The average molecular weight is 432 g/mol. The van der Waals surface area contributed by atoms with Crippen molar-refractivity contribution >= 4 is 5.91 Å². The standard InChI is InChI=1S/C25H29N5O2/c1-25(2)13-20-18(15-27-23(28-20)17-8-10-26-11-9-17)21(14-25)29-24(31)22-12-19(30-32-22)16-6-4-3-5-7-16/h8-12,15-16,21H,3-7,13-14H2,1-2H3,(H,29,31)/t21-/m0/s1. The van der Waals surface area contributed by atoms with Gasteiger partial charge in [0, 0.05) is 41.7 Å². The Labute approximate surface area is 188 Å². The lowest BCUT2D eigenvalue weighted by Gasteiger charge is -2.36. The summed E-state index contributed by atoms with van der Waals surface area (Å²) in [4.78, 5) is 26.5. The van der Waals surface area contributed by atoms with E-state index in [-0.39, 0.29) is 23.1 Å². The Kier molecular flexibility index (Phi) is 5.49. The molecule has 3 aromatic rings. The number of rotatable bonds is 4. The molecule has 0 radical (unpaired) electrons. The molecular weight excluding hydrogens is 402 g/mol. The molecule has 2 aliphatic carbocycles. The van der Waals surface area contributed by atoms with E-state index in [0.717, 1.165) is 48.2 Å². The highest BCUT2D eigenvalue weighted by Crippen LogP contribution is 2.40. The Morgan fingerprint density at radius 2 is 1.94 bits per heavy atom. The van der Waals surface area contributed by atoms with Gasteiger partial charge in [-0.1, -0.05) is 38.3 Å². The van der Waals surface area contributed by atoms with Crippen molar-refractivity contribution < 1.29 is 9.32 Å². The summed E-state index contributed by atoms with van der Waals surface area (Å²) in [7, 11) is 0. The van der Waals surface area contributed by atoms with E-state index in [1.165, 1.54) is 19.3 Å². The molecular formula is C25H29N5O2. The average Bonchev–Trinajstić information content (AvgIpc) is 3.30. The third-order valence-electron chi connectivity index (χ3n) is 6.70. The third kappa shape index (κ3) is 4.29. The topological polar surface area (TPSA) is 93.8 Å². The summed E-state index contributed by atoms with van der Waals surface area (Å²) in [6.07, 6.45) is 12.9. The second-order valence-electron chi connectivity index (χ2n) is 9.85. The van der Waals surface area contributed by atoms with Gasteiger partial charge in [-0.25, -0.2) is 9.97 Å². The number of aromatic nitrogens is 4. The molecule has 0 bridgehead atoms. The second kappa shape index (κ2) is 8.45. The fraction of sp³-hybridized carbons (Fsp3) is 0.480. The minimum Gasteiger partial charge on any atom is -0.351 e. The first-order chi connectivity index (χ1) is 15.5. The lowest BCUT2D eigenvalue weighted by Crippen LogP contribution is -2.37. The zero-order valence-electron chi connectivity index (χ0n) is 18.7. The Balaban J connectivity index is 1.37. The van der Waals surface area contributed by atoms with E-state index in [9.17, 15) is 4.79 Å². The first-order valence-corrected chi connectivity index (χ1v) is 11.5. The summed E-state index contributed by atoms with van der Waals surface area (Å²) in [6, 6.07) is 5.46. The molecule has 1 atom stereocenters. The van der Waals surface area contributed by atoms with Gasteiger partial charge >= 0.3 is 0 Å². The third-order valence-corrected chi connectivity index (χ3v) is 6.70. The van der Waals surface area contributed by atoms with E-state index in [1.807, 2.05) is 24.4 Å². The van der Waals surface area contributed by atoms with Crippen molar-refractivity contribution in [2.75, 3.05) is 0 Å². The maximum Gasteiger partial charge on any atom is 0.290 e. The highest BCUT2D eigenvalue weighted by Gasteiger charge is 2.35. The normalized spacial score (nSPS) is 20.5. The summed E-state index contributed by atoms with van der Waals surface area (Å²) < 4.78 is 5.44. The Bertz CT molecular complexity index is 1100. The number of fused-ring (bicyclic) bond motifs is 1. The molecule has 166 valence electrons. The Morgan fingerprint density at radius 3 is 2.72 bits per heavy atom. The van der Waals surface area contributed by atoms with Crippen molar-refractivity contribution in [3.05, 3.63) is 59.5 Å².